The molecule has 0 saturated carbocycles. The van der Waals surface area contributed by atoms with Gasteiger partial charge in [-0.2, -0.15) is 0 Å². The molecule has 0 unspecified atom stereocenters. The quantitative estimate of drug-likeness (QED) is 0.737. The maximum atomic E-state index is 12.7. The average Bonchev–Trinajstić information content (AvgIpc) is 2.61. The highest BCUT2D eigenvalue weighted by atomic mass is 16.5. The van der Waals surface area contributed by atoms with Gasteiger partial charge in [0.2, 0.25) is 0 Å². The van der Waals surface area contributed by atoms with Crippen molar-refractivity contribution in [1.82, 2.24) is 0 Å². The van der Waals surface area contributed by atoms with Crippen LogP contribution in [-0.4, -0.2) is 20.1 Å². The molecule has 1 aromatic heterocycles. The predicted molar refractivity (Wildman–Crippen MR) is 94.7 cm³/mol. The zero-order valence-corrected chi connectivity index (χ0v) is 14.1. The summed E-state index contributed by atoms with van der Waals surface area (Å²) in [5.41, 5.74) is 1.42. The summed E-state index contributed by atoms with van der Waals surface area (Å²) in [5.74, 6) is 0.851. The average molecular weight is 339 g/mol. The zero-order chi connectivity index (χ0) is 18.0. The molecule has 0 radical (unpaired) electrons. The number of carbonyl (C=O) groups excluding carboxylic acids is 1. The highest BCUT2D eigenvalue weighted by Crippen LogP contribution is 2.25. The molecular weight excluding hydrogens is 322 g/mol. The van der Waals surface area contributed by atoms with Crippen molar-refractivity contribution in [2.24, 2.45) is 0 Å². The molecule has 1 heterocycles. The van der Waals surface area contributed by atoms with Crippen LogP contribution >= 0.6 is 0 Å². The molecule has 0 aliphatic heterocycles. The number of fused-ring (bicyclic) bond motifs is 1. The van der Waals surface area contributed by atoms with Crippen molar-refractivity contribution in [1.29, 1.82) is 0 Å². The first-order valence-electron chi connectivity index (χ1n) is 7.59. The lowest BCUT2D eigenvalue weighted by atomic mass is 10.1. The van der Waals surface area contributed by atoms with Crippen LogP contribution in [-0.2, 0) is 0 Å². The van der Waals surface area contributed by atoms with E-state index in [0.717, 1.165) is 5.56 Å². The molecule has 0 aliphatic rings. The van der Waals surface area contributed by atoms with Gasteiger partial charge < -0.3 is 19.2 Å². The van der Waals surface area contributed by atoms with Crippen LogP contribution in [0.1, 0.15) is 15.9 Å². The van der Waals surface area contributed by atoms with E-state index in [0.29, 0.717) is 28.2 Å². The van der Waals surface area contributed by atoms with Crippen molar-refractivity contribution >= 4 is 22.6 Å². The lowest BCUT2D eigenvalue weighted by molar-refractivity contribution is 0.102. The standard InChI is InChI=1S/C19H17NO5/c1-11-8-12(23-2)5-7-16(11)20-19(22)15-10-18(21)25-17-9-13(24-3)4-6-14(15)17/h4-10H,1-3H3,(H,20,22). The first-order valence-corrected chi connectivity index (χ1v) is 7.59. The molecule has 25 heavy (non-hydrogen) atoms. The Labute approximate surface area is 144 Å². The predicted octanol–water partition coefficient (Wildman–Crippen LogP) is 3.37. The Morgan fingerprint density at radius 3 is 2.36 bits per heavy atom. The molecular formula is C19H17NO5. The number of benzene rings is 2. The molecule has 0 bridgehead atoms. The number of amides is 1. The number of methoxy groups -OCH3 is 2. The molecule has 1 N–H and O–H groups in total. The Morgan fingerprint density at radius 1 is 1.00 bits per heavy atom. The lowest BCUT2D eigenvalue weighted by Gasteiger charge is -2.11. The van der Waals surface area contributed by atoms with Crippen LogP contribution in [0.5, 0.6) is 11.5 Å². The number of hydrogen-bond donors (Lipinski definition) is 1. The van der Waals surface area contributed by atoms with Crippen molar-refractivity contribution in [3.63, 3.8) is 0 Å². The summed E-state index contributed by atoms with van der Waals surface area (Å²) < 4.78 is 15.4. The maximum absolute atomic E-state index is 12.7. The molecule has 0 atom stereocenters. The highest BCUT2D eigenvalue weighted by Gasteiger charge is 2.15. The molecule has 3 aromatic rings. The van der Waals surface area contributed by atoms with E-state index in [1.54, 1.807) is 37.4 Å². The van der Waals surface area contributed by atoms with Crippen molar-refractivity contribution in [2.75, 3.05) is 19.5 Å². The third-order valence-electron chi connectivity index (χ3n) is 3.88. The minimum Gasteiger partial charge on any atom is -0.497 e. The van der Waals surface area contributed by atoms with Gasteiger partial charge in [0, 0.05) is 23.2 Å². The van der Waals surface area contributed by atoms with Crippen molar-refractivity contribution in [3.8, 4) is 11.5 Å². The van der Waals surface area contributed by atoms with Crippen LogP contribution in [0.15, 0.2) is 51.7 Å². The smallest absolute Gasteiger partial charge is 0.337 e. The van der Waals surface area contributed by atoms with Crippen molar-refractivity contribution in [2.45, 2.75) is 6.92 Å². The molecule has 0 spiro atoms. The second kappa shape index (κ2) is 6.68. The summed E-state index contributed by atoms with van der Waals surface area (Å²) in [6.07, 6.45) is 0. The number of carbonyl (C=O) groups is 1. The third kappa shape index (κ3) is 3.33. The fourth-order valence-corrected chi connectivity index (χ4v) is 2.55. The Hall–Kier alpha value is -3.28. The van der Waals surface area contributed by atoms with E-state index in [9.17, 15) is 9.59 Å². The zero-order valence-electron chi connectivity index (χ0n) is 14.1. The van der Waals surface area contributed by atoms with Gasteiger partial charge in [0.1, 0.15) is 17.1 Å². The van der Waals surface area contributed by atoms with Crippen LogP contribution in [0.3, 0.4) is 0 Å². The van der Waals surface area contributed by atoms with Crippen molar-refractivity contribution < 1.29 is 18.7 Å². The van der Waals surface area contributed by atoms with Gasteiger partial charge in [-0.15, -0.1) is 0 Å². The highest BCUT2D eigenvalue weighted by molar-refractivity contribution is 6.12. The minimum absolute atomic E-state index is 0.240. The number of aryl methyl sites for hydroxylation is 1. The van der Waals surface area contributed by atoms with E-state index in [4.69, 9.17) is 13.9 Å². The second-order valence-corrected chi connectivity index (χ2v) is 5.48. The Balaban J connectivity index is 2.01. The minimum atomic E-state index is -0.600. The summed E-state index contributed by atoms with van der Waals surface area (Å²) in [7, 11) is 3.10. The van der Waals surface area contributed by atoms with Crippen LogP contribution in [0, 0.1) is 6.92 Å². The summed E-state index contributed by atoms with van der Waals surface area (Å²) in [4.78, 5) is 24.5. The molecule has 0 aliphatic carbocycles. The molecule has 0 fully saturated rings. The number of rotatable bonds is 4. The van der Waals surface area contributed by atoms with E-state index in [1.165, 1.54) is 13.2 Å². The summed E-state index contributed by atoms with van der Waals surface area (Å²) in [6.45, 7) is 1.86. The molecule has 128 valence electrons. The number of hydrogen-bond acceptors (Lipinski definition) is 5. The molecule has 6 nitrogen and oxygen atoms in total. The molecule has 2 aromatic carbocycles. The molecule has 6 heteroatoms. The summed E-state index contributed by atoms with van der Waals surface area (Å²) in [6, 6.07) is 11.5. The normalized spacial score (nSPS) is 10.5. The molecule has 0 saturated heterocycles. The topological polar surface area (TPSA) is 77.8 Å². The van der Waals surface area contributed by atoms with E-state index in [1.807, 2.05) is 13.0 Å². The van der Waals surface area contributed by atoms with Gasteiger partial charge in [0.05, 0.1) is 19.8 Å². The Morgan fingerprint density at radius 2 is 1.68 bits per heavy atom. The number of nitrogens with one attached hydrogen (secondary N) is 1. The lowest BCUT2D eigenvalue weighted by Crippen LogP contribution is -2.15. The van der Waals surface area contributed by atoms with Gasteiger partial charge in [0.15, 0.2) is 0 Å². The summed E-state index contributed by atoms with van der Waals surface area (Å²) >= 11 is 0. The van der Waals surface area contributed by atoms with Crippen LogP contribution < -0.4 is 20.4 Å². The number of anilines is 1. The first-order chi connectivity index (χ1) is 12.0. The SMILES string of the molecule is COc1ccc(NC(=O)c2cc(=O)oc3cc(OC)ccc23)c(C)c1. The largest absolute Gasteiger partial charge is 0.497 e. The molecule has 1 amide bonds. The Kier molecular flexibility index (Phi) is 4.43. The van der Waals surface area contributed by atoms with Crippen LogP contribution in [0.4, 0.5) is 5.69 Å². The monoisotopic (exact) mass is 339 g/mol. The van der Waals surface area contributed by atoms with Crippen molar-refractivity contribution in [3.05, 3.63) is 64.0 Å². The third-order valence-corrected chi connectivity index (χ3v) is 3.88. The Bertz CT molecular complexity index is 1010. The van der Waals surface area contributed by atoms with Crippen LogP contribution in [0.2, 0.25) is 0 Å². The van der Waals surface area contributed by atoms with Gasteiger partial charge in [-0.25, -0.2) is 4.79 Å². The molecule has 3 rings (SSSR count). The number of ether oxygens (including phenoxy) is 2. The van der Waals surface area contributed by atoms with Gasteiger partial charge in [0.25, 0.3) is 5.91 Å². The van der Waals surface area contributed by atoms with Gasteiger partial charge in [-0.1, -0.05) is 0 Å². The van der Waals surface area contributed by atoms with E-state index >= 15 is 0 Å². The fraction of sp³-hybridized carbons (Fsp3) is 0.158. The van der Waals surface area contributed by atoms with E-state index in [2.05, 4.69) is 5.32 Å². The fourth-order valence-electron chi connectivity index (χ4n) is 2.55. The van der Waals surface area contributed by atoms with E-state index in [-0.39, 0.29) is 5.56 Å². The van der Waals surface area contributed by atoms with Gasteiger partial charge in [-0.3, -0.25) is 4.79 Å². The second-order valence-electron chi connectivity index (χ2n) is 5.48. The van der Waals surface area contributed by atoms with Gasteiger partial charge >= 0.3 is 5.63 Å². The maximum Gasteiger partial charge on any atom is 0.337 e. The first kappa shape index (κ1) is 16.6. The summed E-state index contributed by atoms with van der Waals surface area (Å²) in [5, 5.41) is 3.35. The van der Waals surface area contributed by atoms with E-state index < -0.39 is 11.5 Å². The van der Waals surface area contributed by atoms with Crippen LogP contribution in [0.25, 0.3) is 11.0 Å². The van der Waals surface area contributed by atoms with Gasteiger partial charge in [-0.05, 0) is 42.8 Å².